The number of rotatable bonds is 4. The molecule has 0 amide bonds. The van der Waals surface area contributed by atoms with Crippen LogP contribution in [0.3, 0.4) is 0 Å². The van der Waals surface area contributed by atoms with Crippen molar-refractivity contribution in [1.82, 2.24) is 9.97 Å². The molecule has 0 fully saturated rings. The van der Waals surface area contributed by atoms with Gasteiger partial charge in [0.2, 0.25) is 12.7 Å². The van der Waals surface area contributed by atoms with Gasteiger partial charge in [-0.05, 0) is 31.2 Å². The van der Waals surface area contributed by atoms with Gasteiger partial charge < -0.3 is 20.1 Å². The van der Waals surface area contributed by atoms with Gasteiger partial charge in [-0.2, -0.15) is 4.98 Å². The van der Waals surface area contributed by atoms with Crippen molar-refractivity contribution in [3.8, 4) is 11.5 Å². The van der Waals surface area contributed by atoms with Crippen LogP contribution >= 0.6 is 23.2 Å². The van der Waals surface area contributed by atoms with Gasteiger partial charge in [0.05, 0.1) is 15.7 Å². The first kappa shape index (κ1) is 16.8. The topological polar surface area (TPSA) is 68.3 Å². The Morgan fingerprint density at radius 3 is 2.69 bits per heavy atom. The fourth-order valence-electron chi connectivity index (χ4n) is 2.53. The highest BCUT2D eigenvalue weighted by atomic mass is 35.5. The van der Waals surface area contributed by atoms with E-state index in [4.69, 9.17) is 32.7 Å². The Bertz CT molecular complexity index is 981. The number of ether oxygens (including phenoxy) is 2. The van der Waals surface area contributed by atoms with Crippen molar-refractivity contribution in [2.24, 2.45) is 0 Å². The first-order chi connectivity index (χ1) is 12.6. The molecule has 6 nitrogen and oxygen atoms in total. The van der Waals surface area contributed by atoms with Gasteiger partial charge in [-0.15, -0.1) is 0 Å². The maximum atomic E-state index is 6.23. The van der Waals surface area contributed by atoms with Crippen LogP contribution in [0.15, 0.2) is 42.5 Å². The normalized spacial score (nSPS) is 12.1. The lowest BCUT2D eigenvalue weighted by Crippen LogP contribution is -2.02. The summed E-state index contributed by atoms with van der Waals surface area (Å²) in [6.45, 7) is 2.12. The molecule has 0 spiro atoms. The molecule has 1 aliphatic rings. The molecule has 1 aromatic heterocycles. The van der Waals surface area contributed by atoms with Crippen molar-refractivity contribution >= 4 is 46.3 Å². The van der Waals surface area contributed by atoms with E-state index in [1.165, 1.54) is 0 Å². The Labute approximate surface area is 160 Å². The zero-order valence-electron chi connectivity index (χ0n) is 13.7. The van der Waals surface area contributed by atoms with Crippen molar-refractivity contribution in [2.45, 2.75) is 6.92 Å². The predicted octanol–water partition coefficient (Wildman–Crippen LogP) is 5.31. The highest BCUT2D eigenvalue weighted by molar-refractivity contribution is 6.43. The summed E-state index contributed by atoms with van der Waals surface area (Å²) in [6.07, 6.45) is 0. The van der Waals surface area contributed by atoms with Crippen LogP contribution in [0.2, 0.25) is 10.0 Å². The van der Waals surface area contributed by atoms with Crippen LogP contribution in [0.1, 0.15) is 5.69 Å². The Kier molecular flexibility index (Phi) is 4.44. The summed E-state index contributed by atoms with van der Waals surface area (Å²) in [4.78, 5) is 8.89. The third-order valence-corrected chi connectivity index (χ3v) is 4.52. The monoisotopic (exact) mass is 388 g/mol. The number of nitrogens with zero attached hydrogens (tertiary/aromatic N) is 2. The Hall–Kier alpha value is -2.70. The fourth-order valence-corrected chi connectivity index (χ4v) is 2.88. The van der Waals surface area contributed by atoms with Crippen molar-refractivity contribution in [3.63, 3.8) is 0 Å². The zero-order chi connectivity index (χ0) is 18.1. The summed E-state index contributed by atoms with van der Waals surface area (Å²) in [5.41, 5.74) is 2.27. The minimum Gasteiger partial charge on any atom is -0.454 e. The van der Waals surface area contributed by atoms with E-state index in [9.17, 15) is 0 Å². The van der Waals surface area contributed by atoms with E-state index in [2.05, 4.69) is 20.6 Å². The largest absolute Gasteiger partial charge is 0.454 e. The molecule has 0 radical (unpaired) electrons. The van der Waals surface area contributed by atoms with Gasteiger partial charge in [-0.25, -0.2) is 4.98 Å². The molecule has 0 saturated carbocycles. The highest BCUT2D eigenvalue weighted by Gasteiger charge is 2.14. The molecular weight excluding hydrogens is 375 g/mol. The van der Waals surface area contributed by atoms with Gasteiger partial charge in [-0.1, -0.05) is 29.3 Å². The van der Waals surface area contributed by atoms with Crippen molar-refractivity contribution < 1.29 is 9.47 Å². The Balaban J connectivity index is 1.59. The SMILES string of the molecule is Cc1cc(Nc2cccc(Cl)c2Cl)nc(Nc2ccc3c(c2)OCO3)n1. The molecule has 0 unspecified atom stereocenters. The molecule has 2 N–H and O–H groups in total. The van der Waals surface area contributed by atoms with E-state index in [-0.39, 0.29) is 6.79 Å². The van der Waals surface area contributed by atoms with E-state index in [0.29, 0.717) is 33.2 Å². The molecule has 3 aromatic rings. The summed E-state index contributed by atoms with van der Waals surface area (Å²) in [5, 5.41) is 7.25. The van der Waals surface area contributed by atoms with Crippen LogP contribution < -0.4 is 20.1 Å². The lowest BCUT2D eigenvalue weighted by molar-refractivity contribution is 0.174. The van der Waals surface area contributed by atoms with Crippen LogP contribution in [-0.4, -0.2) is 16.8 Å². The van der Waals surface area contributed by atoms with E-state index in [0.717, 1.165) is 17.1 Å². The number of anilines is 4. The van der Waals surface area contributed by atoms with Crippen LogP contribution in [0, 0.1) is 6.92 Å². The minimum absolute atomic E-state index is 0.230. The van der Waals surface area contributed by atoms with Crippen LogP contribution in [0.4, 0.5) is 23.1 Å². The van der Waals surface area contributed by atoms with E-state index < -0.39 is 0 Å². The van der Waals surface area contributed by atoms with Crippen LogP contribution in [0.5, 0.6) is 11.5 Å². The summed E-state index contributed by atoms with van der Waals surface area (Å²) in [6, 6.07) is 12.8. The van der Waals surface area contributed by atoms with E-state index in [1.807, 2.05) is 43.3 Å². The summed E-state index contributed by atoms with van der Waals surface area (Å²) in [5.74, 6) is 2.46. The van der Waals surface area contributed by atoms with E-state index in [1.54, 1.807) is 6.07 Å². The van der Waals surface area contributed by atoms with Crippen molar-refractivity contribution in [2.75, 3.05) is 17.4 Å². The predicted molar refractivity (Wildman–Crippen MR) is 102 cm³/mol. The number of nitrogens with one attached hydrogen (secondary N) is 2. The fraction of sp³-hybridized carbons (Fsp3) is 0.111. The molecule has 132 valence electrons. The molecule has 2 aromatic carbocycles. The lowest BCUT2D eigenvalue weighted by Gasteiger charge is -2.11. The van der Waals surface area contributed by atoms with Gasteiger partial charge >= 0.3 is 0 Å². The Morgan fingerprint density at radius 1 is 0.962 bits per heavy atom. The van der Waals surface area contributed by atoms with Gasteiger partial charge in [-0.3, -0.25) is 0 Å². The maximum absolute atomic E-state index is 6.23. The molecule has 0 bridgehead atoms. The first-order valence-electron chi connectivity index (χ1n) is 7.82. The molecular formula is C18H14Cl2N4O2. The van der Waals surface area contributed by atoms with Gasteiger partial charge in [0.15, 0.2) is 11.5 Å². The number of halogens is 2. The molecule has 0 atom stereocenters. The summed E-state index contributed by atoms with van der Waals surface area (Å²) in [7, 11) is 0. The number of aryl methyl sites for hydroxylation is 1. The molecule has 1 aliphatic heterocycles. The van der Waals surface area contributed by atoms with Gasteiger partial charge in [0.25, 0.3) is 0 Å². The van der Waals surface area contributed by atoms with Gasteiger partial charge in [0.1, 0.15) is 5.82 Å². The average molecular weight is 389 g/mol. The smallest absolute Gasteiger partial charge is 0.231 e. The van der Waals surface area contributed by atoms with Crippen molar-refractivity contribution in [1.29, 1.82) is 0 Å². The lowest BCUT2D eigenvalue weighted by atomic mass is 10.3. The number of hydrogen-bond donors (Lipinski definition) is 2. The average Bonchev–Trinajstić information content (AvgIpc) is 3.06. The standard InChI is InChI=1S/C18H14Cl2N4O2/c1-10-7-16(23-13-4-2-3-12(19)17(13)20)24-18(21-10)22-11-5-6-14-15(8-11)26-9-25-14/h2-8H,9H2,1H3,(H2,21,22,23,24). The number of fused-ring (bicyclic) bond motifs is 1. The highest BCUT2D eigenvalue weighted by Crippen LogP contribution is 2.35. The first-order valence-corrected chi connectivity index (χ1v) is 8.57. The quantitative estimate of drug-likeness (QED) is 0.631. The molecule has 8 heteroatoms. The van der Waals surface area contributed by atoms with Crippen LogP contribution in [0.25, 0.3) is 0 Å². The molecule has 0 aliphatic carbocycles. The van der Waals surface area contributed by atoms with Crippen LogP contribution in [-0.2, 0) is 0 Å². The second kappa shape index (κ2) is 6.90. The van der Waals surface area contributed by atoms with Crippen molar-refractivity contribution in [3.05, 3.63) is 58.2 Å². The molecule has 2 heterocycles. The van der Waals surface area contributed by atoms with E-state index >= 15 is 0 Å². The summed E-state index contributed by atoms with van der Waals surface area (Å²) >= 11 is 12.3. The zero-order valence-corrected chi connectivity index (χ0v) is 15.2. The third kappa shape index (κ3) is 3.47. The number of benzene rings is 2. The van der Waals surface area contributed by atoms with Gasteiger partial charge in [0, 0.05) is 23.5 Å². The summed E-state index contributed by atoms with van der Waals surface area (Å²) < 4.78 is 10.7. The second-order valence-electron chi connectivity index (χ2n) is 5.64. The number of aromatic nitrogens is 2. The minimum atomic E-state index is 0.230. The molecule has 26 heavy (non-hydrogen) atoms. The molecule has 4 rings (SSSR count). The third-order valence-electron chi connectivity index (χ3n) is 3.70. The second-order valence-corrected chi connectivity index (χ2v) is 6.42. The maximum Gasteiger partial charge on any atom is 0.231 e. The molecule has 0 saturated heterocycles. The number of hydrogen-bond acceptors (Lipinski definition) is 6. The Morgan fingerprint density at radius 2 is 1.81 bits per heavy atom.